The van der Waals surface area contributed by atoms with Crippen LogP contribution in [0.1, 0.15) is 25.3 Å². The summed E-state index contributed by atoms with van der Waals surface area (Å²) in [5, 5.41) is 3.67. The van der Waals surface area contributed by atoms with Gasteiger partial charge in [-0.05, 0) is 43.9 Å². The minimum Gasteiger partial charge on any atom is -0.311 e. The molecule has 0 radical (unpaired) electrons. The molecule has 0 amide bonds. The molecule has 16 heavy (non-hydrogen) atoms. The number of benzene rings is 1. The molecule has 1 aromatic rings. The van der Waals surface area contributed by atoms with E-state index in [1.165, 1.54) is 22.9 Å². The molecule has 0 heterocycles. The van der Waals surface area contributed by atoms with E-state index in [2.05, 4.69) is 64.6 Å². The van der Waals surface area contributed by atoms with Gasteiger partial charge in [0.1, 0.15) is 0 Å². The van der Waals surface area contributed by atoms with E-state index < -0.39 is 0 Å². The van der Waals surface area contributed by atoms with Crippen LogP contribution in [-0.2, 0) is 6.42 Å². The van der Waals surface area contributed by atoms with Gasteiger partial charge in [0, 0.05) is 16.6 Å². The summed E-state index contributed by atoms with van der Waals surface area (Å²) in [5.41, 5.74) is 1.39. The van der Waals surface area contributed by atoms with E-state index in [0.29, 0.717) is 12.1 Å². The standard InChI is InChI=1S/C14H18BrN/c1-11(16-14-7-2-3-8-14)9-12-5-4-6-13(15)10-12/h2-6,10-11,14,16H,7-9H2,1H3. The first-order chi connectivity index (χ1) is 7.74. The predicted octanol–water partition coefficient (Wildman–Crippen LogP) is 3.69. The third-order valence-electron chi connectivity index (χ3n) is 2.96. The molecule has 0 aromatic heterocycles. The number of hydrogen-bond acceptors (Lipinski definition) is 1. The van der Waals surface area contributed by atoms with Crippen LogP contribution in [0.15, 0.2) is 40.9 Å². The minimum absolute atomic E-state index is 0.541. The van der Waals surface area contributed by atoms with Gasteiger partial charge in [-0.25, -0.2) is 0 Å². The molecule has 0 spiro atoms. The minimum atomic E-state index is 0.541. The van der Waals surface area contributed by atoms with E-state index in [0.717, 1.165) is 6.42 Å². The van der Waals surface area contributed by atoms with Crippen molar-refractivity contribution in [2.45, 2.75) is 38.3 Å². The van der Waals surface area contributed by atoms with Crippen molar-refractivity contribution in [1.29, 1.82) is 0 Å². The van der Waals surface area contributed by atoms with Gasteiger partial charge in [-0.2, -0.15) is 0 Å². The fraction of sp³-hybridized carbons (Fsp3) is 0.429. The first-order valence-corrected chi connectivity index (χ1v) is 6.69. The van der Waals surface area contributed by atoms with Crippen molar-refractivity contribution < 1.29 is 0 Å². The van der Waals surface area contributed by atoms with Crippen LogP contribution < -0.4 is 5.32 Å². The van der Waals surface area contributed by atoms with Crippen molar-refractivity contribution >= 4 is 15.9 Å². The molecule has 2 heteroatoms. The zero-order valence-electron chi connectivity index (χ0n) is 9.62. The van der Waals surface area contributed by atoms with Crippen molar-refractivity contribution in [3.8, 4) is 0 Å². The summed E-state index contributed by atoms with van der Waals surface area (Å²) in [6.45, 7) is 2.26. The molecule has 1 unspecified atom stereocenters. The maximum absolute atomic E-state index is 3.67. The largest absolute Gasteiger partial charge is 0.311 e. The monoisotopic (exact) mass is 279 g/mol. The van der Waals surface area contributed by atoms with Crippen molar-refractivity contribution in [1.82, 2.24) is 5.32 Å². The Hall–Kier alpha value is -0.600. The van der Waals surface area contributed by atoms with Gasteiger partial charge in [0.15, 0.2) is 0 Å². The average molecular weight is 280 g/mol. The molecular weight excluding hydrogens is 262 g/mol. The molecule has 1 aromatic carbocycles. The van der Waals surface area contributed by atoms with Crippen LogP contribution >= 0.6 is 15.9 Å². The molecule has 2 rings (SSSR count). The van der Waals surface area contributed by atoms with Crippen molar-refractivity contribution in [3.05, 3.63) is 46.5 Å². The highest BCUT2D eigenvalue weighted by molar-refractivity contribution is 9.10. The molecule has 0 saturated heterocycles. The first-order valence-electron chi connectivity index (χ1n) is 5.89. The van der Waals surface area contributed by atoms with E-state index in [-0.39, 0.29) is 0 Å². The van der Waals surface area contributed by atoms with Gasteiger partial charge < -0.3 is 5.32 Å². The maximum atomic E-state index is 3.67. The highest BCUT2D eigenvalue weighted by Gasteiger charge is 2.13. The molecule has 1 atom stereocenters. The topological polar surface area (TPSA) is 12.0 Å². The zero-order chi connectivity index (χ0) is 11.4. The van der Waals surface area contributed by atoms with E-state index in [1.807, 2.05) is 0 Å². The van der Waals surface area contributed by atoms with Crippen LogP contribution in [0.3, 0.4) is 0 Å². The SMILES string of the molecule is CC(Cc1cccc(Br)c1)NC1CC=CC1. The molecule has 0 saturated carbocycles. The van der Waals surface area contributed by atoms with E-state index in [1.54, 1.807) is 0 Å². The second kappa shape index (κ2) is 5.65. The van der Waals surface area contributed by atoms with Crippen LogP contribution in [0.5, 0.6) is 0 Å². The molecule has 86 valence electrons. The second-order valence-electron chi connectivity index (χ2n) is 4.54. The molecule has 0 fully saturated rings. The van der Waals surface area contributed by atoms with Crippen molar-refractivity contribution in [2.24, 2.45) is 0 Å². The Morgan fingerprint density at radius 1 is 1.38 bits per heavy atom. The lowest BCUT2D eigenvalue weighted by Crippen LogP contribution is -2.36. The first kappa shape index (κ1) is 11.9. The number of nitrogens with one attached hydrogen (secondary N) is 1. The molecule has 0 bridgehead atoms. The quantitative estimate of drug-likeness (QED) is 0.829. The molecule has 1 aliphatic rings. The van der Waals surface area contributed by atoms with Gasteiger partial charge in [-0.1, -0.05) is 40.2 Å². The lowest BCUT2D eigenvalue weighted by molar-refractivity contribution is 0.457. The normalized spacial score (nSPS) is 17.9. The lowest BCUT2D eigenvalue weighted by Gasteiger charge is -2.19. The molecule has 1 aliphatic carbocycles. The van der Waals surface area contributed by atoms with E-state index >= 15 is 0 Å². The van der Waals surface area contributed by atoms with Gasteiger partial charge in [-0.15, -0.1) is 0 Å². The van der Waals surface area contributed by atoms with Gasteiger partial charge in [0.25, 0.3) is 0 Å². The summed E-state index contributed by atoms with van der Waals surface area (Å²) in [5.74, 6) is 0. The number of hydrogen-bond donors (Lipinski definition) is 1. The molecule has 0 aliphatic heterocycles. The summed E-state index contributed by atoms with van der Waals surface area (Å²) >= 11 is 3.51. The number of rotatable bonds is 4. The summed E-state index contributed by atoms with van der Waals surface area (Å²) in [4.78, 5) is 0. The summed E-state index contributed by atoms with van der Waals surface area (Å²) in [6.07, 6.45) is 7.99. The zero-order valence-corrected chi connectivity index (χ0v) is 11.2. The molecular formula is C14H18BrN. The van der Waals surface area contributed by atoms with Gasteiger partial charge in [0.05, 0.1) is 0 Å². The van der Waals surface area contributed by atoms with Crippen molar-refractivity contribution in [3.63, 3.8) is 0 Å². The van der Waals surface area contributed by atoms with Crippen LogP contribution in [0.25, 0.3) is 0 Å². The Labute approximate surface area is 106 Å². The van der Waals surface area contributed by atoms with Crippen LogP contribution in [0.4, 0.5) is 0 Å². The Balaban J connectivity index is 1.84. The third-order valence-corrected chi connectivity index (χ3v) is 3.45. The van der Waals surface area contributed by atoms with Crippen LogP contribution in [0.2, 0.25) is 0 Å². The lowest BCUT2D eigenvalue weighted by atomic mass is 10.1. The summed E-state index contributed by atoms with van der Waals surface area (Å²) in [6, 6.07) is 9.76. The summed E-state index contributed by atoms with van der Waals surface area (Å²) < 4.78 is 1.17. The van der Waals surface area contributed by atoms with Gasteiger partial charge >= 0.3 is 0 Å². The van der Waals surface area contributed by atoms with E-state index in [4.69, 9.17) is 0 Å². The Morgan fingerprint density at radius 2 is 2.12 bits per heavy atom. The Bertz CT molecular complexity index is 365. The maximum Gasteiger partial charge on any atom is 0.0178 e. The number of halogens is 1. The second-order valence-corrected chi connectivity index (χ2v) is 5.46. The Morgan fingerprint density at radius 3 is 2.81 bits per heavy atom. The predicted molar refractivity (Wildman–Crippen MR) is 72.6 cm³/mol. The summed E-state index contributed by atoms with van der Waals surface area (Å²) in [7, 11) is 0. The average Bonchev–Trinajstić information content (AvgIpc) is 2.70. The van der Waals surface area contributed by atoms with Crippen LogP contribution in [0, 0.1) is 0 Å². The highest BCUT2D eigenvalue weighted by atomic mass is 79.9. The van der Waals surface area contributed by atoms with Gasteiger partial charge in [-0.3, -0.25) is 0 Å². The fourth-order valence-corrected chi connectivity index (χ4v) is 2.68. The van der Waals surface area contributed by atoms with Crippen LogP contribution in [-0.4, -0.2) is 12.1 Å². The highest BCUT2D eigenvalue weighted by Crippen LogP contribution is 2.15. The fourth-order valence-electron chi connectivity index (χ4n) is 2.23. The van der Waals surface area contributed by atoms with Crippen molar-refractivity contribution in [2.75, 3.05) is 0 Å². The molecule has 1 nitrogen and oxygen atoms in total. The third kappa shape index (κ3) is 3.46. The smallest absolute Gasteiger partial charge is 0.0178 e. The van der Waals surface area contributed by atoms with E-state index in [9.17, 15) is 0 Å². The van der Waals surface area contributed by atoms with Gasteiger partial charge in [0.2, 0.25) is 0 Å². The molecule has 1 N–H and O–H groups in total. The Kier molecular flexibility index (Phi) is 4.19.